The molecule has 5 heteroatoms. The molecule has 0 spiro atoms. The fourth-order valence-electron chi connectivity index (χ4n) is 3.23. The van der Waals surface area contributed by atoms with E-state index in [1.807, 2.05) is 84.9 Å². The number of carbonyl (C=O) groups excluding carboxylic acids is 2. The van der Waals surface area contributed by atoms with Gasteiger partial charge in [-0.1, -0.05) is 95.9 Å². The maximum absolute atomic E-state index is 12.1. The van der Waals surface area contributed by atoms with E-state index in [0.717, 1.165) is 32.5 Å². The quantitative estimate of drug-likeness (QED) is 0.420. The third kappa shape index (κ3) is 4.09. The number of hydrogen-bond donors (Lipinski definition) is 0. The van der Waals surface area contributed by atoms with Crippen LogP contribution in [0.3, 0.4) is 0 Å². The molecule has 4 rings (SSSR count). The van der Waals surface area contributed by atoms with Gasteiger partial charge in [-0.25, -0.2) is 0 Å². The molecule has 0 bridgehead atoms. The second kappa shape index (κ2) is 7.50. The van der Waals surface area contributed by atoms with Gasteiger partial charge in [0, 0.05) is 0 Å². The Labute approximate surface area is 158 Å². The van der Waals surface area contributed by atoms with Crippen molar-refractivity contribution in [1.29, 1.82) is 0 Å². The van der Waals surface area contributed by atoms with Crippen LogP contribution in [-0.2, 0) is 4.74 Å². The summed E-state index contributed by atoms with van der Waals surface area (Å²) in [5.41, 5.74) is 1.66. The molecule has 0 heterocycles. The van der Waals surface area contributed by atoms with Crippen LogP contribution in [0.4, 0.5) is 9.59 Å². The van der Waals surface area contributed by atoms with Gasteiger partial charge in [-0.15, -0.1) is 0 Å². The van der Waals surface area contributed by atoms with E-state index in [4.69, 9.17) is 4.74 Å². The Hall–Kier alpha value is -3.33. The van der Waals surface area contributed by atoms with Crippen LogP contribution < -0.4 is 10.9 Å². The van der Waals surface area contributed by atoms with Crippen molar-refractivity contribution in [3.8, 4) is 0 Å². The first kappa shape index (κ1) is 17.1. The average molecular weight is 350 g/mol. The first-order chi connectivity index (χ1) is 13.2. The highest BCUT2D eigenvalue weighted by Gasteiger charge is 2.15. The van der Waals surface area contributed by atoms with E-state index in [1.54, 1.807) is 0 Å². The van der Waals surface area contributed by atoms with Gasteiger partial charge in [0.1, 0.15) is 0 Å². The first-order valence-corrected chi connectivity index (χ1v) is 8.86. The van der Waals surface area contributed by atoms with Crippen LogP contribution in [0.1, 0.15) is 0 Å². The van der Waals surface area contributed by atoms with E-state index in [1.165, 1.54) is 0 Å². The Morgan fingerprint density at radius 1 is 0.556 bits per heavy atom. The van der Waals surface area contributed by atoms with Crippen LogP contribution in [0, 0.1) is 0 Å². The Morgan fingerprint density at radius 2 is 0.963 bits per heavy atom. The molecule has 4 aromatic carbocycles. The molecule has 0 saturated heterocycles. The summed E-state index contributed by atoms with van der Waals surface area (Å²) in [7, 11) is 0.155. The van der Waals surface area contributed by atoms with Crippen molar-refractivity contribution in [2.75, 3.05) is 0 Å². The van der Waals surface area contributed by atoms with Gasteiger partial charge >= 0.3 is 0 Å². The fourth-order valence-corrected chi connectivity index (χ4v) is 3.23. The van der Waals surface area contributed by atoms with Crippen LogP contribution in [0.15, 0.2) is 84.9 Å². The van der Waals surface area contributed by atoms with Crippen LogP contribution in [0.25, 0.3) is 21.5 Å². The topological polar surface area (TPSA) is 43.4 Å². The molecular weight excluding hydrogens is 334 g/mol. The highest BCUT2D eigenvalue weighted by molar-refractivity contribution is 6.87. The molecule has 128 valence electrons. The van der Waals surface area contributed by atoms with Crippen LogP contribution >= 0.6 is 0 Å². The number of rotatable bonds is 4. The summed E-state index contributed by atoms with van der Waals surface area (Å²) in [5.74, 6) is -1.06. The van der Waals surface area contributed by atoms with Crippen molar-refractivity contribution < 1.29 is 14.3 Å². The zero-order valence-corrected chi connectivity index (χ0v) is 14.7. The molecule has 27 heavy (non-hydrogen) atoms. The molecule has 0 unspecified atom stereocenters. The number of fused-ring (bicyclic) bond motifs is 2. The van der Waals surface area contributed by atoms with Crippen LogP contribution in [0.2, 0.25) is 0 Å². The van der Waals surface area contributed by atoms with Crippen molar-refractivity contribution in [2.45, 2.75) is 0 Å². The Bertz CT molecular complexity index is 1060. The van der Waals surface area contributed by atoms with E-state index in [0.29, 0.717) is 0 Å². The number of ether oxygens (including phenoxy) is 1. The van der Waals surface area contributed by atoms with Crippen molar-refractivity contribution in [1.82, 2.24) is 0 Å². The highest BCUT2D eigenvalue weighted by Crippen LogP contribution is 2.12. The molecular formula is C22H16B2O3. The summed E-state index contributed by atoms with van der Waals surface area (Å²) >= 11 is 0. The van der Waals surface area contributed by atoms with E-state index >= 15 is 0 Å². The average Bonchev–Trinajstić information content (AvgIpc) is 2.67. The van der Waals surface area contributed by atoms with Crippen LogP contribution in [0.5, 0.6) is 0 Å². The lowest BCUT2D eigenvalue weighted by Crippen LogP contribution is -2.31. The summed E-state index contributed by atoms with van der Waals surface area (Å²) in [6.07, 6.45) is 0. The Balaban J connectivity index is 1.39. The van der Waals surface area contributed by atoms with Gasteiger partial charge in [-0.3, -0.25) is 9.59 Å². The second-order valence-electron chi connectivity index (χ2n) is 6.56. The Morgan fingerprint density at radius 3 is 1.41 bits per heavy atom. The van der Waals surface area contributed by atoms with Gasteiger partial charge in [0.15, 0.2) is 0 Å². The molecule has 0 aromatic heterocycles. The molecule has 0 atom stereocenters. The molecule has 0 aliphatic rings. The molecule has 4 aromatic rings. The van der Waals surface area contributed by atoms with Gasteiger partial charge in [0.2, 0.25) is 0 Å². The van der Waals surface area contributed by atoms with Gasteiger partial charge in [-0.05, 0) is 21.5 Å². The molecule has 0 aliphatic carbocycles. The summed E-state index contributed by atoms with van der Waals surface area (Å²) in [5, 5.41) is 4.35. The second-order valence-corrected chi connectivity index (χ2v) is 6.56. The standard InChI is InChI=1S/C22H16B2O3/c25-21(23-19-11-9-15-5-1-3-7-17(15)13-19)27-22(26)24-20-12-10-16-6-2-4-8-18(16)14-20/h1-14,23-24H. The molecule has 0 N–H and O–H groups in total. The minimum absolute atomic E-state index is 0.0777. The molecule has 0 saturated carbocycles. The lowest BCUT2D eigenvalue weighted by atomic mass is 9.68. The van der Waals surface area contributed by atoms with Gasteiger partial charge < -0.3 is 4.74 Å². The lowest BCUT2D eigenvalue weighted by molar-refractivity contribution is 0.184. The summed E-state index contributed by atoms with van der Waals surface area (Å²) < 4.78 is 5.00. The van der Waals surface area contributed by atoms with E-state index in [9.17, 15) is 9.59 Å². The number of carbonyl (C=O) groups is 2. The predicted molar refractivity (Wildman–Crippen MR) is 113 cm³/mol. The van der Waals surface area contributed by atoms with Crippen molar-refractivity contribution in [2.24, 2.45) is 0 Å². The zero-order valence-electron chi connectivity index (χ0n) is 14.7. The SMILES string of the molecule is O=C(Bc1ccc2ccccc2c1)OC(=O)Bc1ccc2ccccc2c1. The molecule has 0 radical (unpaired) electrons. The fraction of sp³-hybridized carbons (Fsp3) is 0. The van der Waals surface area contributed by atoms with Crippen LogP contribution in [-0.4, -0.2) is 26.3 Å². The predicted octanol–water partition coefficient (Wildman–Crippen LogP) is 3.07. The van der Waals surface area contributed by atoms with E-state index in [2.05, 4.69) is 0 Å². The molecule has 0 aliphatic heterocycles. The minimum atomic E-state index is -0.531. The highest BCUT2D eigenvalue weighted by atomic mass is 16.6. The van der Waals surface area contributed by atoms with Gasteiger partial charge in [0.25, 0.3) is 26.3 Å². The Kier molecular flexibility index (Phi) is 4.75. The van der Waals surface area contributed by atoms with E-state index < -0.39 is 11.7 Å². The van der Waals surface area contributed by atoms with Gasteiger partial charge in [0.05, 0.1) is 0 Å². The maximum atomic E-state index is 12.1. The number of benzene rings is 4. The summed E-state index contributed by atoms with van der Waals surface area (Å²) in [4.78, 5) is 24.2. The smallest absolute Gasteiger partial charge is 0.294 e. The van der Waals surface area contributed by atoms with Crippen molar-refractivity contribution in [3.63, 3.8) is 0 Å². The van der Waals surface area contributed by atoms with Crippen molar-refractivity contribution >= 4 is 58.8 Å². The third-order valence-corrected chi connectivity index (χ3v) is 4.55. The zero-order chi connectivity index (χ0) is 18.6. The molecule has 0 fully saturated rings. The first-order valence-electron chi connectivity index (χ1n) is 8.86. The van der Waals surface area contributed by atoms with E-state index in [-0.39, 0.29) is 14.6 Å². The monoisotopic (exact) mass is 350 g/mol. The van der Waals surface area contributed by atoms with Gasteiger partial charge in [-0.2, -0.15) is 0 Å². The summed E-state index contributed by atoms with van der Waals surface area (Å²) in [6.45, 7) is 0. The lowest BCUT2D eigenvalue weighted by Gasteiger charge is -2.05. The third-order valence-electron chi connectivity index (χ3n) is 4.55. The summed E-state index contributed by atoms with van der Waals surface area (Å²) in [6, 6.07) is 27.5. The normalized spacial score (nSPS) is 10.5. The maximum Gasteiger partial charge on any atom is 0.294 e. The van der Waals surface area contributed by atoms with Crippen molar-refractivity contribution in [3.05, 3.63) is 84.9 Å². The minimum Gasteiger partial charge on any atom is -0.410 e. The molecule has 0 amide bonds. The largest absolute Gasteiger partial charge is 0.410 e. The number of hydrogen-bond acceptors (Lipinski definition) is 3. The molecule has 3 nitrogen and oxygen atoms in total.